The second kappa shape index (κ2) is 10.2. The Morgan fingerprint density at radius 3 is 2.53 bits per heavy atom. The van der Waals surface area contributed by atoms with Gasteiger partial charge in [0.2, 0.25) is 0 Å². The van der Waals surface area contributed by atoms with E-state index in [9.17, 15) is 9.59 Å². The molecule has 0 fully saturated rings. The minimum atomic E-state index is -0.527. The molecule has 0 atom stereocenters. The van der Waals surface area contributed by atoms with Gasteiger partial charge >= 0.3 is 5.97 Å². The lowest BCUT2D eigenvalue weighted by molar-refractivity contribution is -0.148. The Labute approximate surface area is 191 Å². The van der Waals surface area contributed by atoms with E-state index in [1.165, 1.54) is 0 Å². The number of aromatic nitrogens is 1. The Morgan fingerprint density at radius 1 is 1.12 bits per heavy atom. The summed E-state index contributed by atoms with van der Waals surface area (Å²) in [6, 6.07) is 16.7. The fourth-order valence-electron chi connectivity index (χ4n) is 3.31. The maximum absolute atomic E-state index is 12.4. The van der Waals surface area contributed by atoms with Crippen LogP contribution in [0.25, 0.3) is 10.9 Å². The fourth-order valence-corrected chi connectivity index (χ4v) is 3.49. The van der Waals surface area contributed by atoms with E-state index in [-0.39, 0.29) is 6.54 Å². The average Bonchev–Trinajstić information content (AvgIpc) is 3.04. The van der Waals surface area contributed by atoms with Crippen LogP contribution in [0.1, 0.15) is 19.5 Å². The van der Waals surface area contributed by atoms with Crippen LogP contribution in [-0.2, 0) is 20.9 Å². The SMILES string of the molecule is CC(=Nc1ccccc1)C(NC(=O)COC(=O)Cn1c(C)cc2cc(Cl)ccc21)=C(C)N. The Morgan fingerprint density at radius 2 is 1.84 bits per heavy atom. The minimum absolute atomic E-state index is 0.0165. The molecule has 0 bridgehead atoms. The van der Waals surface area contributed by atoms with Gasteiger partial charge in [0, 0.05) is 27.3 Å². The molecular formula is C24H25ClN4O3. The summed E-state index contributed by atoms with van der Waals surface area (Å²) in [5.41, 5.74) is 9.75. The third-order valence-corrected chi connectivity index (χ3v) is 5.03. The molecule has 3 N–H and O–H groups in total. The summed E-state index contributed by atoms with van der Waals surface area (Å²) in [5, 5.41) is 4.24. The lowest BCUT2D eigenvalue weighted by Crippen LogP contribution is -2.33. The minimum Gasteiger partial charge on any atom is -0.454 e. The summed E-state index contributed by atoms with van der Waals surface area (Å²) >= 11 is 6.04. The van der Waals surface area contributed by atoms with Gasteiger partial charge in [0.25, 0.3) is 5.91 Å². The van der Waals surface area contributed by atoms with Crippen LogP contribution in [0.4, 0.5) is 5.69 Å². The van der Waals surface area contributed by atoms with Gasteiger partial charge in [-0.05, 0) is 57.2 Å². The molecule has 0 spiro atoms. The molecule has 3 rings (SSSR count). The van der Waals surface area contributed by atoms with Crippen molar-refractivity contribution >= 4 is 45.8 Å². The van der Waals surface area contributed by atoms with Gasteiger partial charge in [-0.3, -0.25) is 14.6 Å². The van der Waals surface area contributed by atoms with Crippen LogP contribution >= 0.6 is 11.6 Å². The highest BCUT2D eigenvalue weighted by Gasteiger charge is 2.15. The van der Waals surface area contributed by atoms with Gasteiger partial charge in [0.05, 0.1) is 17.1 Å². The number of aliphatic imine (C=N–C) groups is 1. The highest BCUT2D eigenvalue weighted by molar-refractivity contribution is 6.31. The number of ether oxygens (including phenoxy) is 1. The van der Waals surface area contributed by atoms with Gasteiger partial charge in [0.15, 0.2) is 6.61 Å². The molecular weight excluding hydrogens is 428 g/mol. The highest BCUT2D eigenvalue weighted by Crippen LogP contribution is 2.23. The molecule has 0 unspecified atom stereocenters. The third-order valence-electron chi connectivity index (χ3n) is 4.80. The van der Waals surface area contributed by atoms with E-state index in [0.717, 1.165) is 22.3 Å². The number of aryl methyl sites for hydroxylation is 1. The van der Waals surface area contributed by atoms with E-state index in [2.05, 4.69) is 10.3 Å². The maximum atomic E-state index is 12.4. The number of nitrogens with one attached hydrogen (secondary N) is 1. The first-order chi connectivity index (χ1) is 15.2. The predicted molar refractivity (Wildman–Crippen MR) is 127 cm³/mol. The monoisotopic (exact) mass is 452 g/mol. The number of amides is 1. The maximum Gasteiger partial charge on any atom is 0.326 e. The Hall–Kier alpha value is -3.58. The van der Waals surface area contributed by atoms with E-state index in [0.29, 0.717) is 22.1 Å². The number of nitrogens with two attached hydrogens (primary N) is 1. The lowest BCUT2D eigenvalue weighted by Gasteiger charge is -2.13. The number of carbonyl (C=O) groups excluding carboxylic acids is 2. The zero-order valence-electron chi connectivity index (χ0n) is 18.2. The number of hydrogen-bond acceptors (Lipinski definition) is 5. The lowest BCUT2D eigenvalue weighted by atomic mass is 10.2. The molecule has 0 saturated carbocycles. The summed E-state index contributed by atoms with van der Waals surface area (Å²) in [5.74, 6) is -1.03. The molecule has 0 aliphatic carbocycles. The smallest absolute Gasteiger partial charge is 0.326 e. The molecule has 0 radical (unpaired) electrons. The van der Waals surface area contributed by atoms with Gasteiger partial charge in [-0.15, -0.1) is 0 Å². The summed E-state index contributed by atoms with van der Waals surface area (Å²) in [6.07, 6.45) is 0. The first-order valence-electron chi connectivity index (χ1n) is 10.0. The molecule has 1 aromatic heterocycles. The van der Waals surface area contributed by atoms with Crippen molar-refractivity contribution in [2.75, 3.05) is 6.61 Å². The van der Waals surface area contributed by atoms with Crippen molar-refractivity contribution in [2.24, 2.45) is 10.7 Å². The molecule has 32 heavy (non-hydrogen) atoms. The van der Waals surface area contributed by atoms with E-state index in [1.807, 2.05) is 60.0 Å². The molecule has 166 valence electrons. The van der Waals surface area contributed by atoms with E-state index >= 15 is 0 Å². The average molecular weight is 453 g/mol. The van der Waals surface area contributed by atoms with E-state index < -0.39 is 18.5 Å². The molecule has 1 heterocycles. The first kappa shape index (κ1) is 23.1. The summed E-state index contributed by atoms with van der Waals surface area (Å²) in [6.45, 7) is 4.86. The Kier molecular flexibility index (Phi) is 7.33. The Bertz CT molecular complexity index is 1210. The highest BCUT2D eigenvalue weighted by atomic mass is 35.5. The van der Waals surface area contributed by atoms with Crippen molar-refractivity contribution in [1.82, 2.24) is 9.88 Å². The molecule has 0 aliphatic heterocycles. The third kappa shape index (κ3) is 5.76. The summed E-state index contributed by atoms with van der Waals surface area (Å²) in [7, 11) is 0. The molecule has 0 saturated heterocycles. The molecule has 0 aliphatic rings. The number of hydrogen-bond donors (Lipinski definition) is 2. The Balaban J connectivity index is 1.61. The van der Waals surface area contributed by atoms with Crippen molar-refractivity contribution in [1.29, 1.82) is 0 Å². The van der Waals surface area contributed by atoms with Gasteiger partial charge in [0.1, 0.15) is 6.54 Å². The number of allylic oxidation sites excluding steroid dienone is 2. The van der Waals surface area contributed by atoms with Crippen LogP contribution in [0.5, 0.6) is 0 Å². The number of para-hydroxylation sites is 1. The van der Waals surface area contributed by atoms with Crippen molar-refractivity contribution in [2.45, 2.75) is 27.3 Å². The molecule has 3 aromatic rings. The number of nitrogens with zero attached hydrogens (tertiary/aromatic N) is 2. The number of benzene rings is 2. The molecule has 7 nitrogen and oxygen atoms in total. The zero-order valence-corrected chi connectivity index (χ0v) is 18.9. The second-order valence-corrected chi connectivity index (χ2v) is 7.81. The van der Waals surface area contributed by atoms with Crippen LogP contribution in [0.3, 0.4) is 0 Å². The number of esters is 1. The van der Waals surface area contributed by atoms with Crippen LogP contribution < -0.4 is 11.1 Å². The topological polar surface area (TPSA) is 98.7 Å². The van der Waals surface area contributed by atoms with E-state index in [1.54, 1.807) is 19.9 Å². The number of fused-ring (bicyclic) bond motifs is 1. The van der Waals surface area contributed by atoms with E-state index in [4.69, 9.17) is 22.1 Å². The quantitative estimate of drug-likeness (QED) is 0.413. The van der Waals surface area contributed by atoms with Crippen LogP contribution in [0, 0.1) is 6.92 Å². The van der Waals surface area contributed by atoms with Crippen molar-refractivity contribution in [3.05, 3.63) is 76.7 Å². The van der Waals surface area contributed by atoms with Gasteiger partial charge in [-0.25, -0.2) is 0 Å². The molecule has 2 aromatic carbocycles. The predicted octanol–water partition coefficient (Wildman–Crippen LogP) is 4.25. The zero-order chi connectivity index (χ0) is 23.3. The largest absolute Gasteiger partial charge is 0.454 e. The molecule has 8 heteroatoms. The first-order valence-corrected chi connectivity index (χ1v) is 10.4. The van der Waals surface area contributed by atoms with Gasteiger partial charge < -0.3 is 20.4 Å². The summed E-state index contributed by atoms with van der Waals surface area (Å²) in [4.78, 5) is 29.2. The number of halogens is 1. The van der Waals surface area contributed by atoms with Gasteiger partial charge in [-0.1, -0.05) is 29.8 Å². The summed E-state index contributed by atoms with van der Waals surface area (Å²) < 4.78 is 7.00. The van der Waals surface area contributed by atoms with Crippen molar-refractivity contribution in [3.63, 3.8) is 0 Å². The molecule has 1 amide bonds. The number of rotatable bonds is 7. The second-order valence-electron chi connectivity index (χ2n) is 7.37. The van der Waals surface area contributed by atoms with Crippen molar-refractivity contribution in [3.8, 4) is 0 Å². The van der Waals surface area contributed by atoms with Crippen LogP contribution in [0.15, 0.2) is 71.0 Å². The standard InChI is InChI=1S/C24H25ClN4O3/c1-15-11-18-12-19(25)9-10-21(18)29(15)13-23(31)32-14-22(30)28-24(16(2)26)17(3)27-20-7-5-4-6-8-20/h4-12H,13-14,26H2,1-3H3,(H,28,30). The fraction of sp³-hybridized carbons (Fsp3) is 0.208. The van der Waals surface area contributed by atoms with Crippen LogP contribution in [-0.4, -0.2) is 28.8 Å². The van der Waals surface area contributed by atoms with Crippen molar-refractivity contribution < 1.29 is 14.3 Å². The van der Waals surface area contributed by atoms with Gasteiger partial charge in [-0.2, -0.15) is 0 Å². The number of carbonyl (C=O) groups is 2. The van der Waals surface area contributed by atoms with Crippen LogP contribution in [0.2, 0.25) is 5.02 Å². The normalized spacial score (nSPS) is 12.4.